The molecule has 0 radical (unpaired) electrons. The molecule has 2 nitrogen and oxygen atoms in total. The van der Waals surface area contributed by atoms with E-state index in [2.05, 4.69) is 4.98 Å². The fourth-order valence-corrected chi connectivity index (χ4v) is 1.01. The second kappa shape index (κ2) is 3.05. The second-order valence-electron chi connectivity index (χ2n) is 2.66. The van der Waals surface area contributed by atoms with Crippen molar-refractivity contribution in [1.82, 2.24) is 4.98 Å². The SMILES string of the molecule is Cc1cc(C(F)F)c(C)c(N)n1. The molecule has 0 spiro atoms. The summed E-state index contributed by atoms with van der Waals surface area (Å²) in [5.74, 6) is 0.185. The van der Waals surface area contributed by atoms with Gasteiger partial charge < -0.3 is 5.73 Å². The number of hydrogen-bond acceptors (Lipinski definition) is 2. The lowest BCUT2D eigenvalue weighted by Crippen LogP contribution is -2.01. The van der Waals surface area contributed by atoms with Crippen LogP contribution in [-0.4, -0.2) is 4.98 Å². The van der Waals surface area contributed by atoms with Crippen LogP contribution in [0.25, 0.3) is 0 Å². The molecule has 66 valence electrons. The number of rotatable bonds is 1. The number of nitrogens with two attached hydrogens (primary N) is 1. The van der Waals surface area contributed by atoms with E-state index in [-0.39, 0.29) is 11.4 Å². The Bertz CT molecular complexity index is 297. The molecule has 0 atom stereocenters. The molecular formula is C8H10F2N2. The van der Waals surface area contributed by atoms with Gasteiger partial charge in [0.05, 0.1) is 0 Å². The van der Waals surface area contributed by atoms with Crippen molar-refractivity contribution >= 4 is 5.82 Å². The van der Waals surface area contributed by atoms with Crippen molar-refractivity contribution in [3.05, 3.63) is 22.9 Å². The van der Waals surface area contributed by atoms with Crippen molar-refractivity contribution in [1.29, 1.82) is 0 Å². The molecule has 1 rings (SSSR count). The van der Waals surface area contributed by atoms with Crippen molar-refractivity contribution in [2.24, 2.45) is 0 Å². The molecule has 4 heteroatoms. The molecule has 2 N–H and O–H groups in total. The molecule has 1 aromatic rings. The maximum Gasteiger partial charge on any atom is 0.264 e. The van der Waals surface area contributed by atoms with Crippen molar-refractivity contribution in [3.8, 4) is 0 Å². The fourth-order valence-electron chi connectivity index (χ4n) is 1.01. The minimum atomic E-state index is -2.48. The van der Waals surface area contributed by atoms with Crippen LogP contribution in [0.15, 0.2) is 6.07 Å². The van der Waals surface area contributed by atoms with Crippen molar-refractivity contribution < 1.29 is 8.78 Å². The number of alkyl halides is 2. The highest BCUT2D eigenvalue weighted by Crippen LogP contribution is 2.25. The van der Waals surface area contributed by atoms with Gasteiger partial charge in [0, 0.05) is 16.8 Å². The largest absolute Gasteiger partial charge is 0.383 e. The molecule has 12 heavy (non-hydrogen) atoms. The lowest BCUT2D eigenvalue weighted by Gasteiger charge is -2.07. The summed E-state index contributed by atoms with van der Waals surface area (Å²) in [5, 5.41) is 0. The Balaban J connectivity index is 3.28. The molecule has 0 fully saturated rings. The monoisotopic (exact) mass is 172 g/mol. The zero-order chi connectivity index (χ0) is 9.30. The summed E-state index contributed by atoms with van der Waals surface area (Å²) in [6, 6.07) is 1.36. The van der Waals surface area contributed by atoms with Gasteiger partial charge in [0.15, 0.2) is 0 Å². The summed E-state index contributed by atoms with van der Waals surface area (Å²) >= 11 is 0. The Kier molecular flexibility index (Phi) is 2.26. The number of nitrogens with zero attached hydrogens (tertiary/aromatic N) is 1. The Morgan fingerprint density at radius 1 is 1.42 bits per heavy atom. The lowest BCUT2D eigenvalue weighted by molar-refractivity contribution is 0.150. The van der Waals surface area contributed by atoms with E-state index in [0.717, 1.165) is 0 Å². The molecule has 0 amide bonds. The highest BCUT2D eigenvalue weighted by molar-refractivity contribution is 5.45. The molecule has 0 saturated carbocycles. The zero-order valence-electron chi connectivity index (χ0n) is 6.94. The molecule has 0 saturated heterocycles. The van der Waals surface area contributed by atoms with Gasteiger partial charge in [0.1, 0.15) is 5.82 Å². The Morgan fingerprint density at radius 2 is 2.00 bits per heavy atom. The third kappa shape index (κ3) is 1.52. The average molecular weight is 172 g/mol. The van der Waals surface area contributed by atoms with Crippen LogP contribution >= 0.6 is 0 Å². The standard InChI is InChI=1S/C8H10F2N2/c1-4-3-6(7(9)10)5(2)8(11)12-4/h3,7H,1-2H3,(H2,11,12). The number of hydrogen-bond donors (Lipinski definition) is 1. The van der Waals surface area contributed by atoms with E-state index >= 15 is 0 Å². The highest BCUT2D eigenvalue weighted by atomic mass is 19.3. The third-order valence-electron chi connectivity index (χ3n) is 1.71. The van der Waals surface area contributed by atoms with E-state index < -0.39 is 6.43 Å². The Labute approximate surface area is 69.4 Å². The van der Waals surface area contributed by atoms with E-state index in [1.54, 1.807) is 13.8 Å². The third-order valence-corrected chi connectivity index (χ3v) is 1.71. The van der Waals surface area contributed by atoms with Gasteiger partial charge in [-0.25, -0.2) is 13.8 Å². The van der Waals surface area contributed by atoms with Gasteiger partial charge in [-0.1, -0.05) is 0 Å². The Hall–Kier alpha value is -1.19. The van der Waals surface area contributed by atoms with Crippen LogP contribution in [0.2, 0.25) is 0 Å². The van der Waals surface area contributed by atoms with Crippen molar-refractivity contribution in [2.75, 3.05) is 5.73 Å². The van der Waals surface area contributed by atoms with Crippen LogP contribution in [0.3, 0.4) is 0 Å². The number of anilines is 1. The van der Waals surface area contributed by atoms with Crippen LogP contribution in [0.4, 0.5) is 14.6 Å². The van der Waals surface area contributed by atoms with E-state index in [9.17, 15) is 8.78 Å². The Morgan fingerprint density at radius 3 is 2.50 bits per heavy atom. The first-order valence-electron chi connectivity index (χ1n) is 3.54. The van der Waals surface area contributed by atoms with Crippen LogP contribution in [0, 0.1) is 13.8 Å². The number of halogens is 2. The quantitative estimate of drug-likeness (QED) is 0.705. The van der Waals surface area contributed by atoms with Crippen LogP contribution in [0.1, 0.15) is 23.2 Å². The van der Waals surface area contributed by atoms with Crippen LogP contribution in [0.5, 0.6) is 0 Å². The maximum absolute atomic E-state index is 12.3. The average Bonchev–Trinajstić information content (AvgIpc) is 1.96. The predicted molar refractivity (Wildman–Crippen MR) is 43.1 cm³/mol. The minimum absolute atomic E-state index is 0.0278. The van der Waals surface area contributed by atoms with Gasteiger partial charge in [-0.15, -0.1) is 0 Å². The number of aromatic nitrogens is 1. The summed E-state index contributed by atoms with van der Waals surface area (Å²) in [6.07, 6.45) is -2.48. The normalized spacial score (nSPS) is 10.8. The van der Waals surface area contributed by atoms with Gasteiger partial charge in [0.2, 0.25) is 0 Å². The topological polar surface area (TPSA) is 38.9 Å². The zero-order valence-corrected chi connectivity index (χ0v) is 6.94. The van der Waals surface area contributed by atoms with Gasteiger partial charge in [-0.3, -0.25) is 0 Å². The number of nitrogen functional groups attached to an aromatic ring is 1. The number of aryl methyl sites for hydroxylation is 1. The molecule has 1 heterocycles. The summed E-state index contributed by atoms with van der Waals surface area (Å²) in [4.78, 5) is 3.86. The van der Waals surface area contributed by atoms with Crippen molar-refractivity contribution in [3.63, 3.8) is 0 Å². The highest BCUT2D eigenvalue weighted by Gasteiger charge is 2.13. The minimum Gasteiger partial charge on any atom is -0.383 e. The first kappa shape index (κ1) is 8.90. The van der Waals surface area contributed by atoms with E-state index in [1.165, 1.54) is 6.07 Å². The van der Waals surface area contributed by atoms with Gasteiger partial charge in [0.25, 0.3) is 6.43 Å². The van der Waals surface area contributed by atoms with Crippen LogP contribution in [-0.2, 0) is 0 Å². The van der Waals surface area contributed by atoms with Gasteiger partial charge in [-0.05, 0) is 19.9 Å². The molecule has 1 aromatic heterocycles. The van der Waals surface area contributed by atoms with E-state index in [1.807, 2.05) is 0 Å². The molecular weight excluding hydrogens is 162 g/mol. The summed E-state index contributed by atoms with van der Waals surface area (Å²) in [7, 11) is 0. The molecule has 0 bridgehead atoms. The fraction of sp³-hybridized carbons (Fsp3) is 0.375. The van der Waals surface area contributed by atoms with Crippen LogP contribution < -0.4 is 5.73 Å². The maximum atomic E-state index is 12.3. The number of pyridine rings is 1. The van der Waals surface area contributed by atoms with Gasteiger partial charge >= 0.3 is 0 Å². The first-order chi connectivity index (χ1) is 5.52. The lowest BCUT2D eigenvalue weighted by atomic mass is 10.1. The molecule has 0 aliphatic heterocycles. The summed E-state index contributed by atoms with van der Waals surface area (Å²) in [5.41, 5.74) is 6.28. The van der Waals surface area contributed by atoms with Gasteiger partial charge in [-0.2, -0.15) is 0 Å². The smallest absolute Gasteiger partial charge is 0.264 e. The summed E-state index contributed by atoms with van der Waals surface area (Å²) < 4.78 is 24.6. The van der Waals surface area contributed by atoms with E-state index in [0.29, 0.717) is 11.3 Å². The molecule has 0 aromatic carbocycles. The molecule has 0 aliphatic carbocycles. The summed E-state index contributed by atoms with van der Waals surface area (Å²) in [6.45, 7) is 3.19. The van der Waals surface area contributed by atoms with E-state index in [4.69, 9.17) is 5.73 Å². The molecule has 0 aliphatic rings. The predicted octanol–water partition coefficient (Wildman–Crippen LogP) is 2.22. The first-order valence-corrected chi connectivity index (χ1v) is 3.54. The van der Waals surface area contributed by atoms with Crippen molar-refractivity contribution in [2.45, 2.75) is 20.3 Å². The second-order valence-corrected chi connectivity index (χ2v) is 2.66. The molecule has 0 unspecified atom stereocenters.